The lowest BCUT2D eigenvalue weighted by Crippen LogP contribution is -2.35. The first-order valence-electron chi connectivity index (χ1n) is 6.48. The standard InChI is InChI=1S/C14H17ClN4O/c1-2-5-11(16)14(20)18-12-7-3-6-10(15)13(12)19-9-4-8-17-19/h3-4,6-9,11H,2,5,16H2,1H3,(H,18,20). The highest BCUT2D eigenvalue weighted by Gasteiger charge is 2.16. The molecule has 6 heteroatoms. The van der Waals surface area contributed by atoms with E-state index >= 15 is 0 Å². The molecule has 0 fully saturated rings. The van der Waals surface area contributed by atoms with Crippen molar-refractivity contribution in [2.45, 2.75) is 25.8 Å². The molecular weight excluding hydrogens is 276 g/mol. The number of nitrogens with one attached hydrogen (secondary N) is 1. The van der Waals surface area contributed by atoms with Gasteiger partial charge in [0.1, 0.15) is 5.69 Å². The average molecular weight is 293 g/mol. The second-order valence-electron chi connectivity index (χ2n) is 4.47. The summed E-state index contributed by atoms with van der Waals surface area (Å²) < 4.78 is 1.61. The fourth-order valence-electron chi connectivity index (χ4n) is 1.92. The van der Waals surface area contributed by atoms with Crippen molar-refractivity contribution in [1.29, 1.82) is 0 Å². The summed E-state index contributed by atoms with van der Waals surface area (Å²) in [7, 11) is 0. The second-order valence-corrected chi connectivity index (χ2v) is 4.88. The lowest BCUT2D eigenvalue weighted by Gasteiger charge is -2.15. The van der Waals surface area contributed by atoms with E-state index in [1.807, 2.05) is 6.92 Å². The predicted octanol–water partition coefficient (Wildman–Crippen LogP) is 2.59. The zero-order valence-corrected chi connectivity index (χ0v) is 12.0. The Hall–Kier alpha value is -1.85. The van der Waals surface area contributed by atoms with E-state index in [0.29, 0.717) is 22.8 Å². The first-order chi connectivity index (χ1) is 9.63. The molecule has 0 saturated carbocycles. The summed E-state index contributed by atoms with van der Waals surface area (Å²) in [6, 6.07) is 6.57. The first-order valence-corrected chi connectivity index (χ1v) is 6.86. The van der Waals surface area contributed by atoms with E-state index in [1.165, 1.54) is 0 Å². The Morgan fingerprint density at radius 2 is 2.30 bits per heavy atom. The highest BCUT2D eigenvalue weighted by molar-refractivity contribution is 6.33. The summed E-state index contributed by atoms with van der Waals surface area (Å²) in [6.45, 7) is 1.99. The van der Waals surface area contributed by atoms with Crippen molar-refractivity contribution in [1.82, 2.24) is 9.78 Å². The molecule has 0 aliphatic carbocycles. The predicted molar refractivity (Wildman–Crippen MR) is 80.1 cm³/mol. The summed E-state index contributed by atoms with van der Waals surface area (Å²) in [6.07, 6.45) is 4.92. The van der Waals surface area contributed by atoms with E-state index in [-0.39, 0.29) is 5.91 Å². The number of carbonyl (C=O) groups is 1. The van der Waals surface area contributed by atoms with E-state index < -0.39 is 6.04 Å². The molecule has 0 bridgehead atoms. The number of aromatic nitrogens is 2. The molecule has 1 heterocycles. The molecule has 20 heavy (non-hydrogen) atoms. The highest BCUT2D eigenvalue weighted by Crippen LogP contribution is 2.28. The fourth-order valence-corrected chi connectivity index (χ4v) is 2.18. The molecule has 2 aromatic rings. The van der Waals surface area contributed by atoms with Gasteiger partial charge in [-0.3, -0.25) is 4.79 Å². The maximum atomic E-state index is 12.0. The van der Waals surface area contributed by atoms with Gasteiger partial charge in [-0.25, -0.2) is 4.68 Å². The Kier molecular flexibility index (Phi) is 4.76. The van der Waals surface area contributed by atoms with Crippen molar-refractivity contribution in [3.63, 3.8) is 0 Å². The number of benzene rings is 1. The van der Waals surface area contributed by atoms with Crippen LogP contribution in [0.3, 0.4) is 0 Å². The molecule has 0 aliphatic rings. The Morgan fingerprint density at radius 3 is 2.95 bits per heavy atom. The molecule has 1 aromatic carbocycles. The minimum atomic E-state index is -0.524. The topological polar surface area (TPSA) is 72.9 Å². The van der Waals surface area contributed by atoms with E-state index in [9.17, 15) is 4.79 Å². The zero-order chi connectivity index (χ0) is 14.5. The van der Waals surface area contributed by atoms with Gasteiger partial charge in [0.05, 0.1) is 16.8 Å². The molecule has 0 saturated heterocycles. The second kappa shape index (κ2) is 6.54. The van der Waals surface area contributed by atoms with Crippen molar-refractivity contribution >= 4 is 23.2 Å². The molecule has 5 nitrogen and oxygen atoms in total. The van der Waals surface area contributed by atoms with Gasteiger partial charge >= 0.3 is 0 Å². The third kappa shape index (κ3) is 3.18. The SMILES string of the molecule is CCCC(N)C(=O)Nc1cccc(Cl)c1-n1cccn1. The van der Waals surface area contributed by atoms with Crippen molar-refractivity contribution in [2.75, 3.05) is 5.32 Å². The number of hydrogen-bond donors (Lipinski definition) is 2. The van der Waals surface area contributed by atoms with Crippen LogP contribution in [0.15, 0.2) is 36.7 Å². The number of carbonyl (C=O) groups excluding carboxylic acids is 1. The third-order valence-corrected chi connectivity index (χ3v) is 3.22. The van der Waals surface area contributed by atoms with Crippen LogP contribution in [0.1, 0.15) is 19.8 Å². The number of hydrogen-bond acceptors (Lipinski definition) is 3. The number of amides is 1. The van der Waals surface area contributed by atoms with Crippen molar-refractivity contribution in [3.05, 3.63) is 41.7 Å². The minimum Gasteiger partial charge on any atom is -0.323 e. The van der Waals surface area contributed by atoms with Gasteiger partial charge in [-0.05, 0) is 24.6 Å². The molecule has 3 N–H and O–H groups in total. The van der Waals surface area contributed by atoms with Crippen LogP contribution < -0.4 is 11.1 Å². The Balaban J connectivity index is 2.29. The van der Waals surface area contributed by atoms with Gasteiger partial charge in [0.25, 0.3) is 0 Å². The lowest BCUT2D eigenvalue weighted by molar-refractivity contribution is -0.117. The molecule has 1 atom stereocenters. The molecule has 0 spiro atoms. The van der Waals surface area contributed by atoms with Gasteiger partial charge in [-0.15, -0.1) is 0 Å². The molecule has 1 aromatic heterocycles. The molecule has 106 valence electrons. The van der Waals surface area contributed by atoms with Crippen LogP contribution in [0.4, 0.5) is 5.69 Å². The number of anilines is 1. The summed E-state index contributed by atoms with van der Waals surface area (Å²) in [5, 5.41) is 7.47. The maximum Gasteiger partial charge on any atom is 0.241 e. The van der Waals surface area contributed by atoms with Crippen LogP contribution in [-0.4, -0.2) is 21.7 Å². The lowest BCUT2D eigenvalue weighted by atomic mass is 10.1. The monoisotopic (exact) mass is 292 g/mol. The van der Waals surface area contributed by atoms with E-state index in [1.54, 1.807) is 41.3 Å². The van der Waals surface area contributed by atoms with Crippen LogP contribution in [-0.2, 0) is 4.79 Å². The minimum absolute atomic E-state index is 0.220. The number of halogens is 1. The number of nitrogens with two attached hydrogens (primary N) is 1. The van der Waals surface area contributed by atoms with Crippen LogP contribution in [0.25, 0.3) is 5.69 Å². The Morgan fingerprint density at radius 1 is 1.50 bits per heavy atom. The molecule has 0 radical (unpaired) electrons. The smallest absolute Gasteiger partial charge is 0.241 e. The summed E-state index contributed by atoms with van der Waals surface area (Å²) in [4.78, 5) is 12.0. The maximum absolute atomic E-state index is 12.0. The van der Waals surface area contributed by atoms with Crippen LogP contribution in [0, 0.1) is 0 Å². The third-order valence-electron chi connectivity index (χ3n) is 2.91. The van der Waals surface area contributed by atoms with E-state index in [2.05, 4.69) is 10.4 Å². The van der Waals surface area contributed by atoms with Crippen molar-refractivity contribution < 1.29 is 4.79 Å². The van der Waals surface area contributed by atoms with Gasteiger partial charge in [0.15, 0.2) is 0 Å². The van der Waals surface area contributed by atoms with Crippen molar-refractivity contribution in [2.24, 2.45) is 5.73 Å². The largest absolute Gasteiger partial charge is 0.323 e. The van der Waals surface area contributed by atoms with Gasteiger partial charge in [-0.1, -0.05) is 31.0 Å². The van der Waals surface area contributed by atoms with Gasteiger partial charge in [-0.2, -0.15) is 5.10 Å². The molecule has 1 unspecified atom stereocenters. The Labute approximate surface area is 122 Å². The summed E-state index contributed by atoms with van der Waals surface area (Å²) in [5.41, 5.74) is 7.05. The van der Waals surface area contributed by atoms with Gasteiger partial charge in [0.2, 0.25) is 5.91 Å². The average Bonchev–Trinajstić information content (AvgIpc) is 2.92. The highest BCUT2D eigenvalue weighted by atomic mass is 35.5. The zero-order valence-electron chi connectivity index (χ0n) is 11.2. The fraction of sp³-hybridized carbons (Fsp3) is 0.286. The van der Waals surface area contributed by atoms with Gasteiger partial charge in [0, 0.05) is 12.4 Å². The Bertz CT molecular complexity index is 583. The molecule has 1 amide bonds. The normalized spacial score (nSPS) is 12.2. The quantitative estimate of drug-likeness (QED) is 0.889. The van der Waals surface area contributed by atoms with E-state index in [4.69, 9.17) is 17.3 Å². The molecular formula is C14H17ClN4O. The first kappa shape index (κ1) is 14.6. The van der Waals surface area contributed by atoms with Gasteiger partial charge < -0.3 is 11.1 Å². The summed E-state index contributed by atoms with van der Waals surface area (Å²) in [5.74, 6) is -0.220. The van der Waals surface area contributed by atoms with Crippen LogP contribution >= 0.6 is 11.6 Å². The van der Waals surface area contributed by atoms with Crippen LogP contribution in [0.5, 0.6) is 0 Å². The number of rotatable bonds is 5. The van der Waals surface area contributed by atoms with Crippen molar-refractivity contribution in [3.8, 4) is 5.69 Å². The molecule has 2 rings (SSSR count). The number of para-hydroxylation sites is 1. The summed E-state index contributed by atoms with van der Waals surface area (Å²) >= 11 is 6.20. The van der Waals surface area contributed by atoms with E-state index in [0.717, 1.165) is 6.42 Å². The molecule has 0 aliphatic heterocycles. The number of nitrogens with zero attached hydrogens (tertiary/aromatic N) is 2. The van der Waals surface area contributed by atoms with Crippen LogP contribution in [0.2, 0.25) is 5.02 Å².